The minimum atomic E-state index is -0.793. The van der Waals surface area contributed by atoms with Crippen LogP contribution in [0.4, 0.5) is 0 Å². The first-order valence-corrected chi connectivity index (χ1v) is 5.22. The zero-order valence-corrected chi connectivity index (χ0v) is 10.3. The van der Waals surface area contributed by atoms with E-state index in [-0.39, 0.29) is 16.7 Å². The molecule has 84 valence electrons. The lowest BCUT2D eigenvalue weighted by atomic mass is 10.0. The minimum Gasteiger partial charge on any atom is -0.276 e. The first-order chi connectivity index (χ1) is 7.34. The van der Waals surface area contributed by atoms with Crippen LogP contribution in [0.3, 0.4) is 0 Å². The molecule has 16 heavy (non-hydrogen) atoms. The highest BCUT2D eigenvalue weighted by Gasteiger charge is 2.17. The lowest BCUT2D eigenvalue weighted by Gasteiger charge is -2.07. The normalized spacial score (nSPS) is 10.0. The van der Waals surface area contributed by atoms with Crippen LogP contribution in [0, 0.1) is 6.92 Å². The lowest BCUT2D eigenvalue weighted by molar-refractivity contribution is 0.107. The molecule has 0 aliphatic rings. The molecule has 0 atom stereocenters. The van der Waals surface area contributed by atoms with Gasteiger partial charge in [0.05, 0.1) is 0 Å². The summed E-state index contributed by atoms with van der Waals surface area (Å²) in [5, 5.41) is -2.36. The molecular weight excluding hydrogens is 274 g/mol. The van der Waals surface area contributed by atoms with Crippen LogP contribution in [0.25, 0.3) is 0 Å². The largest absolute Gasteiger partial charge is 0.276 e. The fraction of sp³-hybridized carbons (Fsp3) is 0.100. The summed E-state index contributed by atoms with van der Waals surface area (Å²) in [6.45, 7) is 1.51. The molecular formula is C10H5Cl3O3. The minimum absolute atomic E-state index is 0.000247. The number of benzene rings is 1. The van der Waals surface area contributed by atoms with Crippen LogP contribution in [-0.2, 0) is 0 Å². The van der Waals surface area contributed by atoms with Gasteiger partial charge in [-0.15, -0.1) is 0 Å². The van der Waals surface area contributed by atoms with Gasteiger partial charge in [-0.1, -0.05) is 0 Å². The summed E-state index contributed by atoms with van der Waals surface area (Å²) >= 11 is 15.9. The molecule has 0 aliphatic carbocycles. The van der Waals surface area contributed by atoms with Gasteiger partial charge >= 0.3 is 0 Å². The van der Waals surface area contributed by atoms with Crippen LogP contribution in [0.2, 0.25) is 0 Å². The van der Waals surface area contributed by atoms with Crippen LogP contribution >= 0.6 is 34.8 Å². The van der Waals surface area contributed by atoms with Crippen molar-refractivity contribution in [2.24, 2.45) is 0 Å². The van der Waals surface area contributed by atoms with E-state index in [9.17, 15) is 14.4 Å². The second kappa shape index (κ2) is 4.95. The molecule has 6 heteroatoms. The van der Waals surface area contributed by atoms with Crippen molar-refractivity contribution in [1.29, 1.82) is 0 Å². The Bertz CT molecular complexity index is 459. The van der Waals surface area contributed by atoms with Crippen molar-refractivity contribution in [2.45, 2.75) is 6.92 Å². The Labute approximate surface area is 106 Å². The Hall–Kier alpha value is -0.900. The van der Waals surface area contributed by atoms with E-state index < -0.39 is 15.7 Å². The van der Waals surface area contributed by atoms with Gasteiger partial charge in [-0.3, -0.25) is 14.4 Å². The average molecular weight is 280 g/mol. The van der Waals surface area contributed by atoms with Gasteiger partial charge in [-0.25, -0.2) is 0 Å². The molecule has 0 saturated heterocycles. The fourth-order valence-electron chi connectivity index (χ4n) is 1.24. The standard InChI is InChI=1S/C10H5Cl3O3/c1-4-6(9(12)15)2-5(8(11)14)3-7(4)10(13)16/h2-3H,1H3. The molecule has 0 heterocycles. The molecule has 0 amide bonds. The third-order valence-corrected chi connectivity index (χ3v) is 2.68. The molecule has 1 aromatic rings. The number of carbonyl (C=O) groups excluding carboxylic acids is 3. The van der Waals surface area contributed by atoms with E-state index >= 15 is 0 Å². The van der Waals surface area contributed by atoms with Crippen LogP contribution in [0.15, 0.2) is 12.1 Å². The first-order valence-electron chi connectivity index (χ1n) is 4.08. The molecule has 1 rings (SSSR count). The lowest BCUT2D eigenvalue weighted by Crippen LogP contribution is -2.05. The summed E-state index contributed by atoms with van der Waals surface area (Å²) in [6, 6.07) is 2.45. The second-order valence-corrected chi connectivity index (χ2v) is 4.05. The van der Waals surface area contributed by atoms with Gasteiger partial charge < -0.3 is 0 Å². The molecule has 0 spiro atoms. The second-order valence-electron chi connectivity index (χ2n) is 3.02. The number of hydrogen-bond acceptors (Lipinski definition) is 3. The Morgan fingerprint density at radius 3 is 1.50 bits per heavy atom. The van der Waals surface area contributed by atoms with Crippen molar-refractivity contribution in [1.82, 2.24) is 0 Å². The Morgan fingerprint density at radius 2 is 1.25 bits per heavy atom. The average Bonchev–Trinajstić information content (AvgIpc) is 2.16. The smallest absolute Gasteiger partial charge is 0.252 e. The number of carbonyl (C=O) groups is 3. The third kappa shape index (κ3) is 2.61. The van der Waals surface area contributed by atoms with Gasteiger partial charge in [0.1, 0.15) is 0 Å². The van der Waals surface area contributed by atoms with E-state index in [1.165, 1.54) is 19.1 Å². The van der Waals surface area contributed by atoms with Crippen molar-refractivity contribution in [2.75, 3.05) is 0 Å². The van der Waals surface area contributed by atoms with E-state index in [0.717, 1.165) is 0 Å². The Kier molecular flexibility index (Phi) is 4.08. The SMILES string of the molecule is Cc1c(C(=O)Cl)cc(C(=O)Cl)cc1C(=O)Cl. The van der Waals surface area contributed by atoms with Gasteiger partial charge in [0, 0.05) is 16.7 Å². The highest BCUT2D eigenvalue weighted by atomic mass is 35.5. The molecule has 0 fully saturated rings. The molecule has 0 aliphatic heterocycles. The quantitative estimate of drug-likeness (QED) is 0.799. The molecule has 0 saturated carbocycles. The van der Waals surface area contributed by atoms with E-state index in [1.54, 1.807) is 0 Å². The van der Waals surface area contributed by atoms with E-state index in [0.29, 0.717) is 5.56 Å². The van der Waals surface area contributed by atoms with E-state index in [4.69, 9.17) is 34.8 Å². The maximum absolute atomic E-state index is 11.1. The topological polar surface area (TPSA) is 51.2 Å². The third-order valence-electron chi connectivity index (χ3n) is 2.06. The first kappa shape index (κ1) is 13.2. The Morgan fingerprint density at radius 1 is 0.875 bits per heavy atom. The summed E-state index contributed by atoms with van der Waals surface area (Å²) in [7, 11) is 0. The van der Waals surface area contributed by atoms with Crippen molar-refractivity contribution >= 4 is 50.5 Å². The van der Waals surface area contributed by atoms with Crippen molar-refractivity contribution in [3.8, 4) is 0 Å². The fourth-order valence-corrected chi connectivity index (χ4v) is 1.74. The number of rotatable bonds is 3. The number of halogens is 3. The van der Waals surface area contributed by atoms with Crippen LogP contribution in [0.5, 0.6) is 0 Å². The molecule has 0 bridgehead atoms. The maximum Gasteiger partial charge on any atom is 0.252 e. The van der Waals surface area contributed by atoms with Crippen molar-refractivity contribution in [3.05, 3.63) is 34.4 Å². The molecule has 0 aromatic heterocycles. The monoisotopic (exact) mass is 278 g/mol. The summed E-state index contributed by atoms with van der Waals surface area (Å²) in [5.74, 6) is 0. The summed E-state index contributed by atoms with van der Waals surface area (Å²) in [5.41, 5.74) is 0.399. The van der Waals surface area contributed by atoms with E-state index in [1.807, 2.05) is 0 Å². The molecule has 0 unspecified atom stereocenters. The van der Waals surface area contributed by atoms with Gasteiger partial charge in [0.15, 0.2) is 0 Å². The zero-order chi connectivity index (χ0) is 12.5. The molecule has 1 aromatic carbocycles. The molecule has 0 radical (unpaired) electrons. The van der Waals surface area contributed by atoms with Crippen molar-refractivity contribution < 1.29 is 14.4 Å². The van der Waals surface area contributed by atoms with Gasteiger partial charge in [0.25, 0.3) is 15.7 Å². The predicted molar refractivity (Wildman–Crippen MR) is 61.7 cm³/mol. The summed E-state index contributed by atoms with van der Waals surface area (Å²) < 4.78 is 0. The zero-order valence-electron chi connectivity index (χ0n) is 8.01. The number of hydrogen-bond donors (Lipinski definition) is 0. The molecule has 3 nitrogen and oxygen atoms in total. The van der Waals surface area contributed by atoms with Gasteiger partial charge in [0.2, 0.25) is 0 Å². The van der Waals surface area contributed by atoms with Gasteiger partial charge in [-0.05, 0) is 59.4 Å². The summed E-state index contributed by atoms with van der Waals surface area (Å²) in [4.78, 5) is 33.1. The highest BCUT2D eigenvalue weighted by molar-refractivity contribution is 6.70. The highest BCUT2D eigenvalue weighted by Crippen LogP contribution is 2.21. The van der Waals surface area contributed by atoms with Gasteiger partial charge in [-0.2, -0.15) is 0 Å². The molecule has 0 N–H and O–H groups in total. The van der Waals surface area contributed by atoms with Crippen molar-refractivity contribution in [3.63, 3.8) is 0 Å². The summed E-state index contributed by atoms with van der Waals surface area (Å²) in [6.07, 6.45) is 0. The van der Waals surface area contributed by atoms with Crippen LogP contribution < -0.4 is 0 Å². The van der Waals surface area contributed by atoms with Crippen LogP contribution in [-0.4, -0.2) is 15.7 Å². The van der Waals surface area contributed by atoms with Crippen LogP contribution in [0.1, 0.15) is 36.6 Å². The maximum atomic E-state index is 11.1. The predicted octanol–water partition coefficient (Wildman–Crippen LogP) is 3.13. The van der Waals surface area contributed by atoms with E-state index in [2.05, 4.69) is 0 Å². The Balaban J connectivity index is 3.57.